The smallest absolute Gasteiger partial charge is 0.216 e. The van der Waals surface area contributed by atoms with Crippen LogP contribution in [0.3, 0.4) is 0 Å². The number of nitrogens with two attached hydrogens (primary N) is 1. The maximum Gasteiger partial charge on any atom is 0.216 e. The summed E-state index contributed by atoms with van der Waals surface area (Å²) in [5.74, 6) is 0.00463. The number of amides is 2. The predicted molar refractivity (Wildman–Crippen MR) is 30.0 cm³/mol. The van der Waals surface area contributed by atoms with Gasteiger partial charge in [-0.15, -0.1) is 0 Å². The lowest BCUT2D eigenvalue weighted by Gasteiger charge is -1.80. The molecular formula is C4H10N2O2. The zero-order chi connectivity index (χ0) is 6.99. The molecule has 3 N–H and O–H groups in total. The van der Waals surface area contributed by atoms with Gasteiger partial charge >= 0.3 is 0 Å². The Bertz CT molecular complexity index is 72.4. The normalized spacial score (nSPS) is 5.75. The largest absolute Gasteiger partial charge is 0.372 e. The molecule has 0 saturated heterocycles. The van der Waals surface area contributed by atoms with Gasteiger partial charge in [0.25, 0.3) is 0 Å². The molecule has 4 heteroatoms. The van der Waals surface area contributed by atoms with Crippen LogP contribution < -0.4 is 11.1 Å². The number of carbonyl (C=O) groups is 2. The van der Waals surface area contributed by atoms with Crippen molar-refractivity contribution in [3.05, 3.63) is 0 Å². The molecular weight excluding hydrogens is 108 g/mol. The summed E-state index contributed by atoms with van der Waals surface area (Å²) in [6, 6.07) is 0. The second kappa shape index (κ2) is 9.34. The minimum atomic E-state index is 0.00463. The average Bonchev–Trinajstić information content (AvgIpc) is 1.69. The molecule has 0 heterocycles. The molecule has 0 aliphatic heterocycles. The van der Waals surface area contributed by atoms with Crippen molar-refractivity contribution in [3.8, 4) is 0 Å². The molecule has 0 radical (unpaired) electrons. The van der Waals surface area contributed by atoms with Gasteiger partial charge in [-0.05, 0) is 0 Å². The Morgan fingerprint density at radius 2 is 1.88 bits per heavy atom. The lowest BCUT2D eigenvalue weighted by molar-refractivity contribution is -0.118. The van der Waals surface area contributed by atoms with Crippen LogP contribution in [0.4, 0.5) is 0 Å². The highest BCUT2D eigenvalue weighted by Crippen LogP contribution is 1.45. The molecule has 4 nitrogen and oxygen atoms in total. The van der Waals surface area contributed by atoms with Crippen molar-refractivity contribution in [2.24, 2.45) is 5.73 Å². The van der Waals surface area contributed by atoms with Crippen LogP contribution in [0.15, 0.2) is 0 Å². The minimum absolute atomic E-state index is 0.00463. The highest BCUT2D eigenvalue weighted by atomic mass is 16.1. The number of carbonyl (C=O) groups excluding carboxylic acids is 2. The summed E-state index contributed by atoms with van der Waals surface area (Å²) in [6.07, 6.45) is 0.250. The fourth-order valence-corrected chi connectivity index (χ4v) is 0. The molecule has 0 rings (SSSR count). The van der Waals surface area contributed by atoms with Crippen molar-refractivity contribution >= 4 is 12.3 Å². The van der Waals surface area contributed by atoms with Gasteiger partial charge in [0.1, 0.15) is 0 Å². The van der Waals surface area contributed by atoms with Crippen LogP contribution >= 0.6 is 0 Å². The highest BCUT2D eigenvalue weighted by molar-refractivity contribution is 5.72. The zero-order valence-corrected chi connectivity index (χ0v) is 4.97. The summed E-state index contributed by atoms with van der Waals surface area (Å²) in [5.41, 5.74) is 4.17. The summed E-state index contributed by atoms with van der Waals surface area (Å²) >= 11 is 0. The second-order valence-corrected chi connectivity index (χ2v) is 0.942. The Hall–Kier alpha value is -1.06. The molecule has 0 bridgehead atoms. The SMILES string of the molecule is CNC(C)=O.NC=O. The summed E-state index contributed by atoms with van der Waals surface area (Å²) in [4.78, 5) is 18.3. The van der Waals surface area contributed by atoms with Crippen LogP contribution in [0.1, 0.15) is 6.92 Å². The van der Waals surface area contributed by atoms with E-state index in [2.05, 4.69) is 11.1 Å². The topological polar surface area (TPSA) is 72.2 Å². The molecule has 8 heavy (non-hydrogen) atoms. The van der Waals surface area contributed by atoms with Gasteiger partial charge in [0.2, 0.25) is 12.3 Å². The molecule has 0 unspecified atom stereocenters. The first-order valence-corrected chi connectivity index (χ1v) is 2.02. The molecule has 0 aliphatic carbocycles. The maximum atomic E-state index is 9.70. The van der Waals surface area contributed by atoms with E-state index in [9.17, 15) is 4.79 Å². The Labute approximate surface area is 48.1 Å². The Morgan fingerprint density at radius 3 is 1.88 bits per heavy atom. The minimum Gasteiger partial charge on any atom is -0.372 e. The molecule has 0 aliphatic rings. The van der Waals surface area contributed by atoms with E-state index >= 15 is 0 Å². The van der Waals surface area contributed by atoms with Gasteiger partial charge in [0, 0.05) is 14.0 Å². The third-order valence-electron chi connectivity index (χ3n) is 0.352. The molecule has 0 aromatic rings. The number of rotatable bonds is 0. The molecule has 0 fully saturated rings. The first-order chi connectivity index (χ1) is 3.68. The third-order valence-corrected chi connectivity index (χ3v) is 0.352. The molecule has 0 atom stereocenters. The van der Waals surface area contributed by atoms with Crippen molar-refractivity contribution in [2.45, 2.75) is 6.92 Å². The van der Waals surface area contributed by atoms with E-state index < -0.39 is 0 Å². The lowest BCUT2D eigenvalue weighted by Crippen LogP contribution is -2.11. The molecule has 48 valence electrons. The van der Waals surface area contributed by atoms with Gasteiger partial charge in [-0.2, -0.15) is 0 Å². The quantitative estimate of drug-likeness (QED) is 0.394. The van der Waals surface area contributed by atoms with E-state index in [1.807, 2.05) is 0 Å². The number of nitrogens with one attached hydrogen (secondary N) is 1. The highest BCUT2D eigenvalue weighted by Gasteiger charge is 1.72. The first-order valence-electron chi connectivity index (χ1n) is 2.02. The Balaban J connectivity index is 0. The van der Waals surface area contributed by atoms with Gasteiger partial charge in [-0.3, -0.25) is 9.59 Å². The summed E-state index contributed by atoms with van der Waals surface area (Å²) in [5, 5.41) is 2.39. The van der Waals surface area contributed by atoms with Crippen LogP contribution in [-0.4, -0.2) is 19.4 Å². The summed E-state index contributed by atoms with van der Waals surface area (Å²) in [6.45, 7) is 1.47. The van der Waals surface area contributed by atoms with Gasteiger partial charge < -0.3 is 11.1 Å². The van der Waals surface area contributed by atoms with Gasteiger partial charge in [0.15, 0.2) is 0 Å². The van der Waals surface area contributed by atoms with Gasteiger partial charge in [-0.1, -0.05) is 0 Å². The molecule has 2 amide bonds. The third kappa shape index (κ3) is 86.8. The molecule has 0 aromatic heterocycles. The summed E-state index contributed by atoms with van der Waals surface area (Å²) in [7, 11) is 1.60. The van der Waals surface area contributed by atoms with Gasteiger partial charge in [0.05, 0.1) is 0 Å². The van der Waals surface area contributed by atoms with Crippen molar-refractivity contribution in [3.63, 3.8) is 0 Å². The van der Waals surface area contributed by atoms with E-state index in [0.29, 0.717) is 0 Å². The van der Waals surface area contributed by atoms with E-state index in [4.69, 9.17) is 4.79 Å². The number of hydrogen-bond acceptors (Lipinski definition) is 2. The number of hydrogen-bond donors (Lipinski definition) is 2. The van der Waals surface area contributed by atoms with Crippen molar-refractivity contribution < 1.29 is 9.59 Å². The molecule has 0 saturated carbocycles. The Kier molecular flexibility index (Phi) is 11.7. The number of primary amides is 1. The van der Waals surface area contributed by atoms with Crippen LogP contribution in [-0.2, 0) is 9.59 Å². The lowest BCUT2D eigenvalue weighted by atomic mass is 10.7. The van der Waals surface area contributed by atoms with Crippen molar-refractivity contribution in [1.29, 1.82) is 0 Å². The van der Waals surface area contributed by atoms with Crippen LogP contribution in [0, 0.1) is 0 Å². The average molecular weight is 118 g/mol. The van der Waals surface area contributed by atoms with Crippen LogP contribution in [0.2, 0.25) is 0 Å². The van der Waals surface area contributed by atoms with Crippen LogP contribution in [0.5, 0.6) is 0 Å². The second-order valence-electron chi connectivity index (χ2n) is 0.942. The fourth-order valence-electron chi connectivity index (χ4n) is 0. The Morgan fingerprint density at radius 1 is 1.75 bits per heavy atom. The van der Waals surface area contributed by atoms with Gasteiger partial charge in [-0.25, -0.2) is 0 Å². The van der Waals surface area contributed by atoms with E-state index in [1.54, 1.807) is 7.05 Å². The van der Waals surface area contributed by atoms with E-state index in [0.717, 1.165) is 0 Å². The van der Waals surface area contributed by atoms with Crippen LogP contribution in [0.25, 0.3) is 0 Å². The zero-order valence-electron chi connectivity index (χ0n) is 4.97. The summed E-state index contributed by atoms with van der Waals surface area (Å²) < 4.78 is 0. The maximum absolute atomic E-state index is 9.70. The van der Waals surface area contributed by atoms with Crippen molar-refractivity contribution in [2.75, 3.05) is 7.05 Å². The van der Waals surface area contributed by atoms with E-state index in [-0.39, 0.29) is 12.3 Å². The fraction of sp³-hybridized carbons (Fsp3) is 0.500. The van der Waals surface area contributed by atoms with Crippen molar-refractivity contribution in [1.82, 2.24) is 5.32 Å². The first kappa shape index (κ1) is 10.0. The van der Waals surface area contributed by atoms with E-state index in [1.165, 1.54) is 6.92 Å². The standard InChI is InChI=1S/C3H7NO.CH3NO/c1-3(5)4-2;2-1-3/h1-2H3,(H,4,5);1H,(H2,2,3). The predicted octanol–water partition coefficient (Wildman–Crippen LogP) is -1.15. The molecule has 0 aromatic carbocycles. The molecule has 0 spiro atoms. The monoisotopic (exact) mass is 118 g/mol.